The van der Waals surface area contributed by atoms with E-state index in [1.165, 1.54) is 44.3 Å². The molecule has 20 heavy (non-hydrogen) atoms. The summed E-state index contributed by atoms with van der Waals surface area (Å²) in [6.45, 7) is 4.19. The van der Waals surface area contributed by atoms with Crippen LogP contribution in [0, 0.1) is 0 Å². The first-order valence-corrected chi connectivity index (χ1v) is 8.90. The summed E-state index contributed by atoms with van der Waals surface area (Å²) in [5.41, 5.74) is 1.57. The molecule has 1 aliphatic heterocycles. The summed E-state index contributed by atoms with van der Waals surface area (Å²) in [6, 6.07) is 2.72. The summed E-state index contributed by atoms with van der Waals surface area (Å²) < 4.78 is 5.98. The van der Waals surface area contributed by atoms with E-state index >= 15 is 0 Å². The molecular weight excluding hydrogens is 266 g/mol. The number of nitrogens with one attached hydrogen (secondary N) is 1. The molecule has 0 saturated heterocycles. The predicted molar refractivity (Wildman–Crippen MR) is 85.3 cm³/mol. The molecule has 1 N–H and O–H groups in total. The largest absolute Gasteiger partial charge is 0.497 e. The van der Waals surface area contributed by atoms with Crippen LogP contribution in [0.1, 0.15) is 55.4 Å². The number of hydrogen-bond acceptors (Lipinski definition) is 3. The zero-order valence-electron chi connectivity index (χ0n) is 12.4. The highest BCUT2D eigenvalue weighted by Crippen LogP contribution is 2.39. The lowest BCUT2D eigenvalue weighted by Crippen LogP contribution is -2.39. The van der Waals surface area contributed by atoms with E-state index in [1.54, 1.807) is 10.4 Å². The molecular formula is C17H25NOS. The van der Waals surface area contributed by atoms with Gasteiger partial charge < -0.3 is 10.1 Å². The number of rotatable bonds is 5. The highest BCUT2D eigenvalue weighted by atomic mass is 32.1. The van der Waals surface area contributed by atoms with Gasteiger partial charge in [0.15, 0.2) is 0 Å². The topological polar surface area (TPSA) is 21.3 Å². The van der Waals surface area contributed by atoms with Crippen LogP contribution >= 0.6 is 11.3 Å². The molecule has 0 saturated carbocycles. The van der Waals surface area contributed by atoms with Gasteiger partial charge in [-0.05, 0) is 68.2 Å². The third-order valence-corrected chi connectivity index (χ3v) is 5.38. The van der Waals surface area contributed by atoms with E-state index < -0.39 is 0 Å². The summed E-state index contributed by atoms with van der Waals surface area (Å²) in [7, 11) is 0. The lowest BCUT2D eigenvalue weighted by atomic mass is 9.81. The molecule has 1 aliphatic carbocycles. The Morgan fingerprint density at radius 2 is 2.40 bits per heavy atom. The Labute approximate surface area is 126 Å². The van der Waals surface area contributed by atoms with Gasteiger partial charge in [0.05, 0.1) is 12.6 Å². The first-order chi connectivity index (χ1) is 9.90. The Balaban J connectivity index is 1.84. The maximum atomic E-state index is 5.98. The van der Waals surface area contributed by atoms with E-state index in [-0.39, 0.29) is 0 Å². The Kier molecular flexibility index (Phi) is 4.79. The number of ether oxygens (including phenoxy) is 1. The fraction of sp³-hybridized carbons (Fsp3) is 0.647. The third kappa shape index (κ3) is 2.94. The zero-order chi connectivity index (χ0) is 13.8. The van der Waals surface area contributed by atoms with Crippen molar-refractivity contribution in [3.05, 3.63) is 33.7 Å². The monoisotopic (exact) mass is 291 g/mol. The fourth-order valence-corrected chi connectivity index (χ4v) is 4.40. The van der Waals surface area contributed by atoms with Crippen LogP contribution in [-0.4, -0.2) is 19.2 Å². The molecule has 0 aromatic carbocycles. The first kappa shape index (κ1) is 14.2. The molecule has 3 rings (SSSR count). The zero-order valence-corrected chi connectivity index (χ0v) is 13.2. The van der Waals surface area contributed by atoms with Crippen LogP contribution in [0.25, 0.3) is 0 Å². The molecule has 2 unspecified atom stereocenters. The summed E-state index contributed by atoms with van der Waals surface area (Å²) >= 11 is 1.93. The van der Waals surface area contributed by atoms with E-state index in [0.29, 0.717) is 12.0 Å². The summed E-state index contributed by atoms with van der Waals surface area (Å²) in [4.78, 5) is 1.60. The van der Waals surface area contributed by atoms with Crippen molar-refractivity contribution in [1.82, 2.24) is 5.32 Å². The number of hydrogen-bond donors (Lipinski definition) is 1. The van der Waals surface area contributed by atoms with E-state index in [1.807, 2.05) is 11.3 Å². The average Bonchev–Trinajstić information content (AvgIpc) is 2.98. The van der Waals surface area contributed by atoms with Crippen LogP contribution in [0.3, 0.4) is 0 Å². The van der Waals surface area contributed by atoms with Gasteiger partial charge in [-0.3, -0.25) is 0 Å². The molecule has 1 aromatic heterocycles. The van der Waals surface area contributed by atoms with Crippen molar-refractivity contribution in [3.63, 3.8) is 0 Å². The number of fused-ring (bicyclic) bond motifs is 1. The molecule has 0 spiro atoms. The normalized spacial score (nSPS) is 23.6. The van der Waals surface area contributed by atoms with Crippen molar-refractivity contribution < 1.29 is 4.74 Å². The molecule has 110 valence electrons. The molecule has 3 heteroatoms. The molecule has 1 aromatic rings. The van der Waals surface area contributed by atoms with Gasteiger partial charge in [0, 0.05) is 10.8 Å². The fourth-order valence-electron chi connectivity index (χ4n) is 3.40. The van der Waals surface area contributed by atoms with Crippen LogP contribution in [0.2, 0.25) is 0 Å². The van der Waals surface area contributed by atoms with Gasteiger partial charge in [-0.25, -0.2) is 0 Å². The number of aryl methyl sites for hydroxylation is 1. The summed E-state index contributed by atoms with van der Waals surface area (Å²) in [6.07, 6.45) is 9.69. The second kappa shape index (κ2) is 6.77. The minimum Gasteiger partial charge on any atom is -0.497 e. The lowest BCUT2D eigenvalue weighted by molar-refractivity contribution is 0.157. The van der Waals surface area contributed by atoms with Crippen LogP contribution < -0.4 is 5.32 Å². The van der Waals surface area contributed by atoms with E-state index in [9.17, 15) is 0 Å². The number of allylic oxidation sites excluding steroid dienone is 1. The van der Waals surface area contributed by atoms with Crippen molar-refractivity contribution in [2.24, 2.45) is 0 Å². The van der Waals surface area contributed by atoms with Crippen molar-refractivity contribution >= 4 is 11.3 Å². The Morgan fingerprint density at radius 3 is 3.20 bits per heavy atom. The van der Waals surface area contributed by atoms with E-state index in [2.05, 4.69) is 29.8 Å². The molecule has 2 nitrogen and oxygen atoms in total. The maximum Gasteiger partial charge on any atom is 0.110 e. The minimum atomic E-state index is 0.379. The van der Waals surface area contributed by atoms with E-state index in [0.717, 1.165) is 13.2 Å². The predicted octanol–water partition coefficient (Wildman–Crippen LogP) is 4.23. The van der Waals surface area contributed by atoms with Gasteiger partial charge >= 0.3 is 0 Å². The van der Waals surface area contributed by atoms with Crippen LogP contribution in [0.4, 0.5) is 0 Å². The number of thiophene rings is 1. The molecule has 0 fully saturated rings. The summed E-state index contributed by atoms with van der Waals surface area (Å²) in [5.74, 6) is 1.80. The second-order valence-corrected chi connectivity index (χ2v) is 6.83. The Morgan fingerprint density at radius 1 is 1.45 bits per heavy atom. The van der Waals surface area contributed by atoms with Gasteiger partial charge in [0.1, 0.15) is 5.76 Å². The van der Waals surface area contributed by atoms with Crippen LogP contribution in [-0.2, 0) is 11.2 Å². The van der Waals surface area contributed by atoms with Crippen molar-refractivity contribution in [1.29, 1.82) is 0 Å². The van der Waals surface area contributed by atoms with Gasteiger partial charge in [-0.1, -0.05) is 6.92 Å². The molecule has 2 atom stereocenters. The maximum absolute atomic E-state index is 5.98. The molecule has 2 heterocycles. The van der Waals surface area contributed by atoms with Crippen molar-refractivity contribution in [3.8, 4) is 0 Å². The molecule has 0 bridgehead atoms. The van der Waals surface area contributed by atoms with Gasteiger partial charge in [0.2, 0.25) is 0 Å². The van der Waals surface area contributed by atoms with Gasteiger partial charge in [-0.15, -0.1) is 11.3 Å². The average molecular weight is 291 g/mol. The molecule has 0 radical (unpaired) electrons. The molecule has 0 amide bonds. The quantitative estimate of drug-likeness (QED) is 0.876. The van der Waals surface area contributed by atoms with Crippen LogP contribution in [0.5, 0.6) is 0 Å². The lowest BCUT2D eigenvalue weighted by Gasteiger charge is -2.34. The Hall–Kier alpha value is -0.800. The minimum absolute atomic E-state index is 0.379. The first-order valence-electron chi connectivity index (χ1n) is 8.02. The molecule has 2 aliphatic rings. The third-order valence-electron chi connectivity index (χ3n) is 4.38. The SMILES string of the molecule is CCCNC(C1=CCCCO1)C1CCCc2sccc21. The second-order valence-electron chi connectivity index (χ2n) is 5.83. The highest BCUT2D eigenvalue weighted by Gasteiger charge is 2.32. The van der Waals surface area contributed by atoms with Crippen molar-refractivity contribution in [2.45, 2.75) is 57.4 Å². The van der Waals surface area contributed by atoms with Gasteiger partial charge in [-0.2, -0.15) is 0 Å². The van der Waals surface area contributed by atoms with Gasteiger partial charge in [0.25, 0.3) is 0 Å². The van der Waals surface area contributed by atoms with E-state index in [4.69, 9.17) is 4.74 Å². The Bertz CT molecular complexity index is 465. The standard InChI is InChI=1S/C17H25NOS/c1-2-10-18-17(15-7-3-4-11-19-15)14-6-5-8-16-13(14)9-12-20-16/h7,9,12,14,17-18H,2-6,8,10-11H2,1H3. The van der Waals surface area contributed by atoms with Crippen LogP contribution in [0.15, 0.2) is 23.3 Å². The smallest absolute Gasteiger partial charge is 0.110 e. The van der Waals surface area contributed by atoms with Crippen molar-refractivity contribution in [2.75, 3.05) is 13.2 Å². The highest BCUT2D eigenvalue weighted by molar-refractivity contribution is 7.10. The summed E-state index contributed by atoms with van der Waals surface area (Å²) in [5, 5.41) is 6.01.